The molecule has 3 nitrogen and oxygen atoms in total. The summed E-state index contributed by atoms with van der Waals surface area (Å²) in [5, 5.41) is 8.82. The van der Waals surface area contributed by atoms with Crippen molar-refractivity contribution in [3.8, 4) is 10.4 Å². The molecule has 0 spiro atoms. The van der Waals surface area contributed by atoms with Gasteiger partial charge in [-0.1, -0.05) is 18.2 Å². The van der Waals surface area contributed by atoms with Crippen LogP contribution in [0, 0.1) is 0 Å². The molecule has 0 saturated heterocycles. The SMILES string of the molecule is CNC1(C)C=CC=C(Nc2ccc(-c3cccs3)cn2)C1. The molecule has 0 aliphatic heterocycles. The topological polar surface area (TPSA) is 37.0 Å². The van der Waals surface area contributed by atoms with E-state index in [-0.39, 0.29) is 5.54 Å². The first kappa shape index (κ1) is 14.0. The summed E-state index contributed by atoms with van der Waals surface area (Å²) >= 11 is 1.73. The number of aromatic nitrogens is 1. The predicted molar refractivity (Wildman–Crippen MR) is 90.5 cm³/mol. The molecule has 0 aromatic carbocycles. The minimum atomic E-state index is 0.00793. The highest BCUT2D eigenvalue weighted by molar-refractivity contribution is 7.13. The average molecular weight is 297 g/mol. The fourth-order valence-electron chi connectivity index (χ4n) is 2.37. The molecule has 3 rings (SSSR count). The highest BCUT2D eigenvalue weighted by Crippen LogP contribution is 2.26. The van der Waals surface area contributed by atoms with Gasteiger partial charge in [-0.15, -0.1) is 11.3 Å². The number of rotatable bonds is 4. The molecule has 2 aromatic rings. The van der Waals surface area contributed by atoms with E-state index in [4.69, 9.17) is 0 Å². The van der Waals surface area contributed by atoms with Gasteiger partial charge >= 0.3 is 0 Å². The van der Waals surface area contributed by atoms with E-state index < -0.39 is 0 Å². The summed E-state index contributed by atoms with van der Waals surface area (Å²) in [6.45, 7) is 2.19. The molecule has 4 heteroatoms. The zero-order chi connectivity index (χ0) is 14.7. The van der Waals surface area contributed by atoms with Crippen molar-refractivity contribution in [2.24, 2.45) is 0 Å². The van der Waals surface area contributed by atoms with E-state index in [0.29, 0.717) is 0 Å². The van der Waals surface area contributed by atoms with E-state index in [1.165, 1.54) is 10.6 Å². The number of nitrogens with one attached hydrogen (secondary N) is 2. The van der Waals surface area contributed by atoms with Crippen molar-refractivity contribution in [2.45, 2.75) is 18.9 Å². The number of hydrogen-bond donors (Lipinski definition) is 2. The Morgan fingerprint density at radius 2 is 2.19 bits per heavy atom. The molecule has 1 aliphatic rings. The van der Waals surface area contributed by atoms with E-state index in [0.717, 1.165) is 17.8 Å². The molecule has 0 radical (unpaired) electrons. The first-order valence-corrected chi connectivity index (χ1v) is 7.91. The standard InChI is InChI=1S/C17H19N3S/c1-17(18-2)9-3-5-14(11-17)20-16-8-7-13(12-19-16)15-6-4-10-21-15/h3-10,12,18H,11H2,1-2H3,(H,19,20). The quantitative estimate of drug-likeness (QED) is 0.894. The van der Waals surface area contributed by atoms with Gasteiger partial charge in [-0.3, -0.25) is 0 Å². The van der Waals surface area contributed by atoms with Gasteiger partial charge in [0.2, 0.25) is 0 Å². The van der Waals surface area contributed by atoms with E-state index in [1.54, 1.807) is 11.3 Å². The number of thiophene rings is 1. The van der Waals surface area contributed by atoms with E-state index in [1.807, 2.05) is 19.3 Å². The lowest BCUT2D eigenvalue weighted by Gasteiger charge is -2.29. The summed E-state index contributed by atoms with van der Waals surface area (Å²) in [4.78, 5) is 5.76. The number of pyridine rings is 1. The molecule has 0 amide bonds. The second kappa shape index (κ2) is 5.84. The summed E-state index contributed by atoms with van der Waals surface area (Å²) in [5.41, 5.74) is 2.34. The molecule has 0 saturated carbocycles. The van der Waals surface area contributed by atoms with Crippen molar-refractivity contribution in [1.29, 1.82) is 0 Å². The largest absolute Gasteiger partial charge is 0.344 e. The Balaban J connectivity index is 1.71. The molecular formula is C17H19N3S. The van der Waals surface area contributed by atoms with Crippen LogP contribution in [0.15, 0.2) is 59.8 Å². The first-order valence-electron chi connectivity index (χ1n) is 7.03. The molecular weight excluding hydrogens is 278 g/mol. The fraction of sp³-hybridized carbons (Fsp3) is 0.235. The van der Waals surface area contributed by atoms with E-state index in [2.05, 4.69) is 64.3 Å². The summed E-state index contributed by atoms with van der Waals surface area (Å²) in [7, 11) is 1.99. The molecule has 2 heterocycles. The minimum absolute atomic E-state index is 0.00793. The fourth-order valence-corrected chi connectivity index (χ4v) is 3.09. The Morgan fingerprint density at radius 3 is 2.86 bits per heavy atom. The van der Waals surface area contributed by atoms with Gasteiger partial charge in [0.25, 0.3) is 0 Å². The summed E-state index contributed by atoms with van der Waals surface area (Å²) < 4.78 is 0. The molecule has 108 valence electrons. The van der Waals surface area contributed by atoms with Crippen LogP contribution in [0.1, 0.15) is 13.3 Å². The lowest BCUT2D eigenvalue weighted by atomic mass is 9.91. The van der Waals surface area contributed by atoms with Gasteiger partial charge in [0.05, 0.1) is 0 Å². The smallest absolute Gasteiger partial charge is 0.130 e. The molecule has 1 unspecified atom stereocenters. The third kappa shape index (κ3) is 3.23. The Morgan fingerprint density at radius 1 is 1.29 bits per heavy atom. The van der Waals surface area contributed by atoms with Gasteiger partial charge < -0.3 is 10.6 Å². The van der Waals surface area contributed by atoms with E-state index in [9.17, 15) is 0 Å². The summed E-state index contributed by atoms with van der Waals surface area (Å²) in [6.07, 6.45) is 9.22. The minimum Gasteiger partial charge on any atom is -0.344 e. The third-order valence-electron chi connectivity index (χ3n) is 3.75. The molecule has 0 fully saturated rings. The van der Waals surface area contributed by atoms with Crippen molar-refractivity contribution in [3.63, 3.8) is 0 Å². The van der Waals surface area contributed by atoms with Crippen molar-refractivity contribution >= 4 is 17.2 Å². The Labute approximate surface area is 129 Å². The third-order valence-corrected chi connectivity index (χ3v) is 4.67. The van der Waals surface area contributed by atoms with Crippen LogP contribution in [0.5, 0.6) is 0 Å². The van der Waals surface area contributed by atoms with Gasteiger partial charge in [-0.05, 0) is 43.6 Å². The first-order chi connectivity index (χ1) is 10.2. The number of allylic oxidation sites excluding steroid dienone is 2. The highest BCUT2D eigenvalue weighted by Gasteiger charge is 2.22. The van der Waals surface area contributed by atoms with Crippen LogP contribution in [0.2, 0.25) is 0 Å². The van der Waals surface area contributed by atoms with Gasteiger partial charge in [0.1, 0.15) is 5.82 Å². The van der Waals surface area contributed by atoms with Gasteiger partial charge in [0.15, 0.2) is 0 Å². The molecule has 1 atom stereocenters. The second-order valence-electron chi connectivity index (χ2n) is 5.43. The number of nitrogens with zero attached hydrogens (tertiary/aromatic N) is 1. The maximum Gasteiger partial charge on any atom is 0.130 e. The van der Waals surface area contributed by atoms with Crippen LogP contribution in [-0.2, 0) is 0 Å². The molecule has 2 aromatic heterocycles. The van der Waals surface area contributed by atoms with Crippen molar-refractivity contribution in [1.82, 2.24) is 10.3 Å². The van der Waals surface area contributed by atoms with Crippen LogP contribution < -0.4 is 10.6 Å². The maximum absolute atomic E-state index is 4.51. The van der Waals surface area contributed by atoms with Crippen LogP contribution in [0.25, 0.3) is 10.4 Å². The number of hydrogen-bond acceptors (Lipinski definition) is 4. The molecule has 1 aliphatic carbocycles. The van der Waals surface area contributed by atoms with Crippen molar-refractivity contribution in [3.05, 3.63) is 59.8 Å². The normalized spacial score (nSPS) is 21.1. The zero-order valence-corrected chi connectivity index (χ0v) is 13.1. The lowest BCUT2D eigenvalue weighted by molar-refractivity contribution is 0.471. The average Bonchev–Trinajstić information content (AvgIpc) is 3.02. The van der Waals surface area contributed by atoms with Gasteiger partial charge in [-0.25, -0.2) is 4.98 Å². The Hall–Kier alpha value is -1.91. The van der Waals surface area contributed by atoms with Gasteiger partial charge in [0, 0.05) is 34.3 Å². The number of likely N-dealkylation sites (N-methyl/N-ethyl adjacent to an activating group) is 1. The Bertz CT molecular complexity index is 656. The summed E-state index contributed by atoms with van der Waals surface area (Å²) in [5.74, 6) is 0.885. The van der Waals surface area contributed by atoms with Gasteiger partial charge in [-0.2, -0.15) is 0 Å². The zero-order valence-electron chi connectivity index (χ0n) is 12.3. The van der Waals surface area contributed by atoms with Crippen LogP contribution in [0.4, 0.5) is 5.82 Å². The molecule has 2 N–H and O–H groups in total. The monoisotopic (exact) mass is 297 g/mol. The summed E-state index contributed by atoms with van der Waals surface area (Å²) in [6, 6.07) is 8.31. The predicted octanol–water partition coefficient (Wildman–Crippen LogP) is 4.04. The van der Waals surface area contributed by atoms with Crippen molar-refractivity contribution in [2.75, 3.05) is 12.4 Å². The molecule has 21 heavy (non-hydrogen) atoms. The maximum atomic E-state index is 4.51. The van der Waals surface area contributed by atoms with Crippen LogP contribution in [0.3, 0.4) is 0 Å². The van der Waals surface area contributed by atoms with Crippen LogP contribution >= 0.6 is 11.3 Å². The molecule has 0 bridgehead atoms. The Kier molecular flexibility index (Phi) is 3.90. The number of anilines is 1. The highest BCUT2D eigenvalue weighted by atomic mass is 32.1. The van der Waals surface area contributed by atoms with Crippen LogP contribution in [-0.4, -0.2) is 17.6 Å². The van der Waals surface area contributed by atoms with Crippen molar-refractivity contribution < 1.29 is 0 Å². The van der Waals surface area contributed by atoms with E-state index >= 15 is 0 Å². The lowest BCUT2D eigenvalue weighted by Crippen LogP contribution is -2.39. The second-order valence-corrected chi connectivity index (χ2v) is 6.38.